The molecule has 106 valence electrons. The van der Waals surface area contributed by atoms with Gasteiger partial charge in [0, 0.05) is 12.1 Å². The van der Waals surface area contributed by atoms with Crippen molar-refractivity contribution in [1.82, 2.24) is 4.31 Å². The van der Waals surface area contributed by atoms with E-state index in [2.05, 4.69) is 0 Å². The van der Waals surface area contributed by atoms with Crippen molar-refractivity contribution in [2.75, 3.05) is 7.05 Å². The van der Waals surface area contributed by atoms with Crippen LogP contribution in [0.25, 0.3) is 0 Å². The molecular weight excluding hydrogens is 290 g/mol. The average Bonchev–Trinajstić information content (AvgIpc) is 2.27. The number of carbonyl (C=O) groups is 1. The van der Waals surface area contributed by atoms with Crippen LogP contribution in [0.5, 0.6) is 0 Å². The second-order valence-corrected chi connectivity index (χ2v) is 7.12. The van der Waals surface area contributed by atoms with E-state index >= 15 is 0 Å². The van der Waals surface area contributed by atoms with Gasteiger partial charge in [0.25, 0.3) is 0 Å². The quantitative estimate of drug-likeness (QED) is 0.924. The molecule has 0 unspecified atom stereocenters. The van der Waals surface area contributed by atoms with Crippen molar-refractivity contribution in [3.8, 4) is 0 Å². The summed E-state index contributed by atoms with van der Waals surface area (Å²) in [7, 11) is -2.65. The summed E-state index contributed by atoms with van der Waals surface area (Å²) in [5, 5.41) is 9.54. The van der Waals surface area contributed by atoms with Gasteiger partial charge < -0.3 is 5.11 Å². The minimum absolute atomic E-state index is 0.0497. The molecule has 0 radical (unpaired) electrons. The molecule has 0 atom stereocenters. The van der Waals surface area contributed by atoms with Crippen LogP contribution >= 0.6 is 11.6 Å². The molecule has 0 bridgehead atoms. The number of likely N-dealkylation sites (N-methyl/N-ethyl adjacent to an activating group) is 1. The average molecular weight is 306 g/mol. The highest BCUT2D eigenvalue weighted by atomic mass is 35.5. The smallest absolute Gasteiger partial charge is 0.324 e. The maximum Gasteiger partial charge on any atom is 0.324 e. The maximum absolute atomic E-state index is 12.4. The van der Waals surface area contributed by atoms with Gasteiger partial charge in [-0.1, -0.05) is 11.6 Å². The van der Waals surface area contributed by atoms with Crippen molar-refractivity contribution >= 4 is 27.6 Å². The molecule has 1 rings (SSSR count). The second kappa shape index (κ2) is 5.11. The lowest BCUT2D eigenvalue weighted by molar-refractivity contribution is -0.145. The van der Waals surface area contributed by atoms with Crippen molar-refractivity contribution in [1.29, 1.82) is 0 Å². The molecule has 5 nitrogen and oxygen atoms in total. The Labute approximate surface area is 117 Å². The molecule has 1 aromatic rings. The number of hydrogen-bond donors (Lipinski definition) is 1. The van der Waals surface area contributed by atoms with E-state index in [1.165, 1.54) is 39.1 Å². The van der Waals surface area contributed by atoms with E-state index in [4.69, 9.17) is 16.7 Å². The van der Waals surface area contributed by atoms with Crippen LogP contribution < -0.4 is 0 Å². The molecule has 0 aliphatic heterocycles. The minimum atomic E-state index is -3.90. The number of benzene rings is 1. The molecule has 0 aliphatic carbocycles. The molecule has 19 heavy (non-hydrogen) atoms. The summed E-state index contributed by atoms with van der Waals surface area (Å²) in [6, 6.07) is 4.36. The van der Waals surface area contributed by atoms with Crippen LogP contribution in [0.1, 0.15) is 19.4 Å². The first-order valence-corrected chi connectivity index (χ1v) is 7.31. The topological polar surface area (TPSA) is 74.7 Å². The van der Waals surface area contributed by atoms with Gasteiger partial charge in [0.2, 0.25) is 10.0 Å². The highest BCUT2D eigenvalue weighted by Gasteiger charge is 2.40. The third-order valence-electron chi connectivity index (χ3n) is 3.09. The van der Waals surface area contributed by atoms with Crippen LogP contribution in [-0.2, 0) is 14.8 Å². The summed E-state index contributed by atoms with van der Waals surface area (Å²) < 4.78 is 25.7. The Morgan fingerprint density at radius 3 is 2.32 bits per heavy atom. The standard InChI is InChI=1S/C12H16ClNO4S/c1-8-7-9(13)5-6-10(8)19(17,18)14(4)12(2,3)11(15)16/h5-7H,1-4H3,(H,15,16). The summed E-state index contributed by atoms with van der Waals surface area (Å²) in [5.74, 6) is -1.22. The SMILES string of the molecule is Cc1cc(Cl)ccc1S(=O)(=O)N(C)C(C)(C)C(=O)O. The Kier molecular flexibility index (Phi) is 4.29. The molecule has 0 aliphatic rings. The fourth-order valence-corrected chi connectivity index (χ4v) is 3.39. The van der Waals surface area contributed by atoms with Gasteiger partial charge in [0.05, 0.1) is 4.90 Å². The van der Waals surface area contributed by atoms with Crippen LogP contribution in [0.2, 0.25) is 5.02 Å². The number of halogens is 1. The summed E-state index contributed by atoms with van der Waals surface area (Å²) >= 11 is 5.78. The number of carboxylic acid groups (broad SMARTS) is 1. The van der Waals surface area contributed by atoms with E-state index in [9.17, 15) is 13.2 Å². The fourth-order valence-electron chi connectivity index (χ4n) is 1.48. The summed E-state index contributed by atoms with van der Waals surface area (Å²) in [5.41, 5.74) is -1.06. The number of hydrogen-bond acceptors (Lipinski definition) is 3. The molecule has 1 N–H and O–H groups in total. The first-order valence-electron chi connectivity index (χ1n) is 5.50. The first-order chi connectivity index (χ1) is 8.51. The highest BCUT2D eigenvalue weighted by molar-refractivity contribution is 7.89. The zero-order chi connectivity index (χ0) is 15.0. The molecule has 0 amide bonds. The molecule has 0 saturated carbocycles. The summed E-state index contributed by atoms with van der Waals surface area (Å²) in [6.45, 7) is 4.27. The highest BCUT2D eigenvalue weighted by Crippen LogP contribution is 2.26. The van der Waals surface area contributed by atoms with E-state index < -0.39 is 21.5 Å². The maximum atomic E-state index is 12.4. The second-order valence-electron chi connectivity index (χ2n) is 4.75. The molecule has 0 fully saturated rings. The predicted molar refractivity (Wildman–Crippen MR) is 72.9 cm³/mol. The van der Waals surface area contributed by atoms with Crippen LogP contribution in [0.15, 0.2) is 23.1 Å². The summed E-state index contributed by atoms with van der Waals surface area (Å²) in [6.07, 6.45) is 0. The molecule has 0 heterocycles. The van der Waals surface area contributed by atoms with Crippen LogP contribution in [0.4, 0.5) is 0 Å². The Morgan fingerprint density at radius 1 is 1.37 bits per heavy atom. The largest absolute Gasteiger partial charge is 0.480 e. The first kappa shape index (κ1) is 15.9. The Hall–Kier alpha value is -1.11. The van der Waals surface area contributed by atoms with Crippen molar-refractivity contribution in [3.63, 3.8) is 0 Å². The monoisotopic (exact) mass is 305 g/mol. The van der Waals surface area contributed by atoms with Gasteiger partial charge in [0.1, 0.15) is 5.54 Å². The van der Waals surface area contributed by atoms with Crippen molar-refractivity contribution in [2.24, 2.45) is 0 Å². The van der Waals surface area contributed by atoms with Gasteiger partial charge in [-0.25, -0.2) is 8.42 Å². The lowest BCUT2D eigenvalue weighted by Crippen LogP contribution is -2.50. The van der Waals surface area contributed by atoms with Gasteiger partial charge in [-0.2, -0.15) is 4.31 Å². The normalized spacial score (nSPS) is 12.7. The van der Waals surface area contributed by atoms with E-state index in [0.717, 1.165) is 4.31 Å². The van der Waals surface area contributed by atoms with Gasteiger partial charge in [-0.3, -0.25) is 4.79 Å². The Balaban J connectivity index is 3.36. The Morgan fingerprint density at radius 2 is 1.89 bits per heavy atom. The van der Waals surface area contributed by atoms with Gasteiger partial charge in [-0.05, 0) is 44.5 Å². The minimum Gasteiger partial charge on any atom is -0.480 e. The number of aryl methyl sites for hydroxylation is 1. The van der Waals surface area contributed by atoms with E-state index in [1.54, 1.807) is 6.92 Å². The number of aliphatic carboxylic acids is 1. The molecule has 0 aromatic heterocycles. The number of nitrogens with zero attached hydrogens (tertiary/aromatic N) is 1. The van der Waals surface area contributed by atoms with E-state index in [-0.39, 0.29) is 4.90 Å². The lowest BCUT2D eigenvalue weighted by Gasteiger charge is -2.30. The van der Waals surface area contributed by atoms with E-state index in [1.807, 2.05) is 0 Å². The molecule has 7 heteroatoms. The summed E-state index contributed by atoms with van der Waals surface area (Å²) in [4.78, 5) is 11.2. The molecule has 1 aromatic carbocycles. The van der Waals surface area contributed by atoms with Gasteiger partial charge in [0.15, 0.2) is 0 Å². The van der Waals surface area contributed by atoms with Gasteiger partial charge >= 0.3 is 5.97 Å². The van der Waals surface area contributed by atoms with Crippen LogP contribution in [-0.4, -0.2) is 36.4 Å². The lowest BCUT2D eigenvalue weighted by atomic mass is 10.1. The predicted octanol–water partition coefficient (Wildman–Crippen LogP) is 2.13. The van der Waals surface area contributed by atoms with E-state index in [0.29, 0.717) is 10.6 Å². The molecule has 0 saturated heterocycles. The van der Waals surface area contributed by atoms with Crippen molar-refractivity contribution < 1.29 is 18.3 Å². The third-order valence-corrected chi connectivity index (χ3v) is 5.51. The van der Waals surface area contributed by atoms with Gasteiger partial charge in [-0.15, -0.1) is 0 Å². The fraction of sp³-hybridized carbons (Fsp3) is 0.417. The van der Waals surface area contributed by atoms with Crippen molar-refractivity contribution in [2.45, 2.75) is 31.2 Å². The number of sulfonamides is 1. The van der Waals surface area contributed by atoms with Crippen molar-refractivity contribution in [3.05, 3.63) is 28.8 Å². The molecule has 0 spiro atoms. The zero-order valence-electron chi connectivity index (χ0n) is 11.1. The van der Waals surface area contributed by atoms with Crippen LogP contribution in [0.3, 0.4) is 0 Å². The third kappa shape index (κ3) is 2.91. The number of rotatable bonds is 4. The Bertz CT molecular complexity index is 610. The molecular formula is C12H16ClNO4S. The number of carboxylic acids is 1. The van der Waals surface area contributed by atoms with Crippen LogP contribution in [0, 0.1) is 6.92 Å². The zero-order valence-corrected chi connectivity index (χ0v) is 12.7.